The molecule has 0 aromatic carbocycles. The number of aliphatic hydroxyl groups excluding tert-OH is 1. The van der Waals surface area contributed by atoms with Gasteiger partial charge >= 0.3 is 0 Å². The number of amidine groups is 1. The third kappa shape index (κ3) is 3.31. The quantitative estimate of drug-likeness (QED) is 0.254. The van der Waals surface area contributed by atoms with Crippen molar-refractivity contribution in [1.29, 1.82) is 0 Å². The van der Waals surface area contributed by atoms with Gasteiger partial charge in [-0.2, -0.15) is 0 Å². The van der Waals surface area contributed by atoms with E-state index in [1.807, 2.05) is 0 Å². The Balaban J connectivity index is 2.67. The molecule has 2 unspecified atom stereocenters. The lowest BCUT2D eigenvalue weighted by Gasteiger charge is -2.33. The molecule has 1 fully saturated rings. The van der Waals surface area contributed by atoms with Gasteiger partial charge in [-0.25, -0.2) is 0 Å². The van der Waals surface area contributed by atoms with E-state index < -0.39 is 5.92 Å². The van der Waals surface area contributed by atoms with Crippen LogP contribution in [-0.2, 0) is 9.53 Å². The van der Waals surface area contributed by atoms with Crippen LogP contribution < -0.4 is 5.73 Å². The van der Waals surface area contributed by atoms with Crippen LogP contribution in [0.15, 0.2) is 5.16 Å². The first-order chi connectivity index (χ1) is 8.13. The summed E-state index contributed by atoms with van der Waals surface area (Å²) in [5.74, 6) is -0.883. The summed E-state index contributed by atoms with van der Waals surface area (Å²) in [6.07, 6.45) is 0.119. The van der Waals surface area contributed by atoms with Crippen LogP contribution in [-0.4, -0.2) is 59.4 Å². The minimum Gasteiger partial charge on any atom is -0.409 e. The van der Waals surface area contributed by atoms with Crippen LogP contribution >= 0.6 is 0 Å². The molecule has 1 aliphatic rings. The summed E-state index contributed by atoms with van der Waals surface area (Å²) < 4.78 is 5.25. The molecular weight excluding hydrogens is 226 g/mol. The van der Waals surface area contributed by atoms with Crippen molar-refractivity contribution in [3.8, 4) is 0 Å². The molecule has 1 amide bonds. The minimum atomic E-state index is -0.613. The smallest absolute Gasteiger partial charge is 0.233 e. The molecule has 1 saturated heterocycles. The second-order valence-corrected chi connectivity index (χ2v) is 3.95. The first kappa shape index (κ1) is 13.7. The molecule has 17 heavy (non-hydrogen) atoms. The van der Waals surface area contributed by atoms with E-state index in [0.717, 1.165) is 0 Å². The molecule has 7 nitrogen and oxygen atoms in total. The summed E-state index contributed by atoms with van der Waals surface area (Å²) in [6, 6.07) is 0. The van der Waals surface area contributed by atoms with Crippen molar-refractivity contribution < 1.29 is 19.8 Å². The summed E-state index contributed by atoms with van der Waals surface area (Å²) in [5.41, 5.74) is 5.47. The zero-order valence-electron chi connectivity index (χ0n) is 9.87. The summed E-state index contributed by atoms with van der Waals surface area (Å²) >= 11 is 0. The van der Waals surface area contributed by atoms with Gasteiger partial charge in [-0.3, -0.25) is 4.79 Å². The van der Waals surface area contributed by atoms with Gasteiger partial charge in [0, 0.05) is 13.1 Å². The number of carbonyl (C=O) groups excluding carboxylic acids is 1. The minimum absolute atomic E-state index is 0.0791. The number of hydrogen-bond donors (Lipinski definition) is 3. The van der Waals surface area contributed by atoms with Crippen LogP contribution in [0.25, 0.3) is 0 Å². The number of hydrogen-bond acceptors (Lipinski definition) is 5. The van der Waals surface area contributed by atoms with Gasteiger partial charge in [0.15, 0.2) is 5.84 Å². The largest absolute Gasteiger partial charge is 0.409 e. The fourth-order valence-electron chi connectivity index (χ4n) is 1.83. The van der Waals surface area contributed by atoms with Crippen molar-refractivity contribution in [2.45, 2.75) is 19.4 Å². The van der Waals surface area contributed by atoms with E-state index in [2.05, 4.69) is 5.16 Å². The number of ether oxygens (including phenoxy) is 1. The van der Waals surface area contributed by atoms with E-state index >= 15 is 0 Å². The number of nitrogens with zero attached hydrogens (tertiary/aromatic N) is 2. The van der Waals surface area contributed by atoms with E-state index in [9.17, 15) is 4.79 Å². The van der Waals surface area contributed by atoms with Crippen molar-refractivity contribution in [2.75, 3.05) is 26.3 Å². The Morgan fingerprint density at radius 2 is 2.41 bits per heavy atom. The zero-order chi connectivity index (χ0) is 12.8. The van der Waals surface area contributed by atoms with Gasteiger partial charge < -0.3 is 25.7 Å². The average molecular weight is 245 g/mol. The van der Waals surface area contributed by atoms with Crippen LogP contribution in [0.1, 0.15) is 13.3 Å². The van der Waals surface area contributed by atoms with Crippen LogP contribution in [0.5, 0.6) is 0 Å². The standard InChI is InChI=1S/C10H19N3O4/c1-2-8(9(11)12-16)10(15)13-3-4-17-7(5-13)6-14/h7-8,14,16H,2-6H2,1H3,(H2,11,12). The van der Waals surface area contributed by atoms with Gasteiger partial charge in [0.25, 0.3) is 0 Å². The molecule has 4 N–H and O–H groups in total. The third-order valence-electron chi connectivity index (χ3n) is 2.83. The van der Waals surface area contributed by atoms with Crippen LogP contribution in [0.3, 0.4) is 0 Å². The highest BCUT2D eigenvalue weighted by Gasteiger charge is 2.30. The van der Waals surface area contributed by atoms with Gasteiger partial charge in [0.05, 0.1) is 25.2 Å². The maximum atomic E-state index is 12.1. The fraction of sp³-hybridized carbons (Fsp3) is 0.800. The van der Waals surface area contributed by atoms with Gasteiger partial charge in [-0.1, -0.05) is 12.1 Å². The van der Waals surface area contributed by atoms with Crippen LogP contribution in [0.4, 0.5) is 0 Å². The Morgan fingerprint density at radius 3 is 2.94 bits per heavy atom. The maximum Gasteiger partial charge on any atom is 0.233 e. The van der Waals surface area contributed by atoms with Crippen molar-refractivity contribution in [3.05, 3.63) is 0 Å². The van der Waals surface area contributed by atoms with Crippen LogP contribution in [0.2, 0.25) is 0 Å². The number of aliphatic hydroxyl groups is 1. The molecule has 1 heterocycles. The molecular formula is C10H19N3O4. The normalized spacial score (nSPS) is 23.5. The molecule has 0 spiro atoms. The highest BCUT2D eigenvalue weighted by Crippen LogP contribution is 2.12. The Bertz CT molecular complexity index is 295. The first-order valence-electron chi connectivity index (χ1n) is 5.62. The van der Waals surface area contributed by atoms with Crippen molar-refractivity contribution in [1.82, 2.24) is 4.90 Å². The highest BCUT2D eigenvalue weighted by molar-refractivity contribution is 6.02. The predicted octanol–water partition coefficient (Wildman–Crippen LogP) is -1.02. The molecule has 7 heteroatoms. The third-order valence-corrected chi connectivity index (χ3v) is 2.83. The first-order valence-corrected chi connectivity index (χ1v) is 5.62. The van der Waals surface area contributed by atoms with Crippen molar-refractivity contribution in [3.63, 3.8) is 0 Å². The Labute approximate surface area is 99.8 Å². The predicted molar refractivity (Wildman–Crippen MR) is 60.6 cm³/mol. The molecule has 2 atom stereocenters. The zero-order valence-corrected chi connectivity index (χ0v) is 9.87. The second kappa shape index (κ2) is 6.41. The Morgan fingerprint density at radius 1 is 1.71 bits per heavy atom. The van der Waals surface area contributed by atoms with E-state index in [4.69, 9.17) is 20.8 Å². The second-order valence-electron chi connectivity index (χ2n) is 3.95. The lowest BCUT2D eigenvalue weighted by atomic mass is 10.0. The number of rotatable bonds is 4. The maximum absolute atomic E-state index is 12.1. The lowest BCUT2D eigenvalue weighted by Crippen LogP contribution is -2.50. The molecule has 0 aromatic rings. The summed E-state index contributed by atoms with van der Waals surface area (Å²) in [6.45, 7) is 2.87. The summed E-state index contributed by atoms with van der Waals surface area (Å²) in [5, 5.41) is 20.5. The molecule has 1 rings (SSSR count). The van der Waals surface area contributed by atoms with E-state index in [1.165, 1.54) is 0 Å². The molecule has 1 aliphatic heterocycles. The van der Waals surface area contributed by atoms with Gasteiger partial charge in [-0.15, -0.1) is 0 Å². The van der Waals surface area contributed by atoms with Crippen LogP contribution in [0, 0.1) is 5.92 Å². The van der Waals surface area contributed by atoms with Crippen molar-refractivity contribution in [2.24, 2.45) is 16.8 Å². The number of carbonyl (C=O) groups is 1. The summed E-state index contributed by atoms with van der Waals surface area (Å²) in [7, 11) is 0. The Kier molecular flexibility index (Phi) is 5.17. The SMILES string of the molecule is CCC(C(=O)N1CCOC(CO)C1)C(N)=NO. The lowest BCUT2D eigenvalue weighted by molar-refractivity contribution is -0.142. The molecule has 0 aliphatic carbocycles. The Hall–Kier alpha value is -1.34. The molecule has 0 bridgehead atoms. The summed E-state index contributed by atoms with van der Waals surface area (Å²) in [4.78, 5) is 13.7. The van der Waals surface area contributed by atoms with Gasteiger partial charge in [-0.05, 0) is 6.42 Å². The van der Waals surface area contributed by atoms with Gasteiger partial charge in [0.1, 0.15) is 0 Å². The molecule has 0 saturated carbocycles. The van der Waals surface area contributed by atoms with Gasteiger partial charge in [0.2, 0.25) is 5.91 Å². The van der Waals surface area contributed by atoms with E-state index in [1.54, 1.807) is 11.8 Å². The monoisotopic (exact) mass is 245 g/mol. The fourth-order valence-corrected chi connectivity index (χ4v) is 1.83. The number of morpholine rings is 1. The van der Waals surface area contributed by atoms with E-state index in [0.29, 0.717) is 26.1 Å². The molecule has 0 aromatic heterocycles. The molecule has 98 valence electrons. The molecule has 0 radical (unpaired) electrons. The van der Waals surface area contributed by atoms with E-state index in [-0.39, 0.29) is 24.5 Å². The topological polar surface area (TPSA) is 108 Å². The highest BCUT2D eigenvalue weighted by atomic mass is 16.5. The van der Waals surface area contributed by atoms with Crippen molar-refractivity contribution >= 4 is 11.7 Å². The number of oxime groups is 1. The average Bonchev–Trinajstić information content (AvgIpc) is 2.39. The number of nitrogens with two attached hydrogens (primary N) is 1. The number of amides is 1.